The van der Waals surface area contributed by atoms with Crippen LogP contribution >= 0.6 is 0 Å². The monoisotopic (exact) mass is 253 g/mol. The Kier molecular flexibility index (Phi) is 5.10. The zero-order valence-corrected chi connectivity index (χ0v) is 10.1. The number of carbonyl (C=O) groups is 2. The Morgan fingerprint density at radius 1 is 1.33 bits per heavy atom. The maximum atomic E-state index is 12.6. The van der Waals surface area contributed by atoms with Crippen molar-refractivity contribution in [1.82, 2.24) is 10.6 Å². The molecule has 6 heteroatoms. The molecule has 4 N–H and O–H groups in total. The summed E-state index contributed by atoms with van der Waals surface area (Å²) in [6.07, 6.45) is 0.593. The number of nitrogens with two attached hydrogens (primary N) is 1. The highest BCUT2D eigenvalue weighted by atomic mass is 19.1. The predicted octanol–water partition coefficient (Wildman–Crippen LogP) is 0.541. The first-order valence-corrected chi connectivity index (χ1v) is 5.57. The molecule has 0 saturated carbocycles. The molecule has 0 aliphatic heterocycles. The molecule has 3 amide bonds. The van der Waals surface area contributed by atoms with Gasteiger partial charge in [-0.3, -0.25) is 4.79 Å². The summed E-state index contributed by atoms with van der Waals surface area (Å²) in [6.45, 7) is 1.95. The van der Waals surface area contributed by atoms with Crippen LogP contribution in [-0.2, 0) is 11.2 Å². The minimum Gasteiger partial charge on any atom is -0.354 e. The standard InChI is InChI=1S/C12H16FN3O2/c1-8(16-12(14)18)11(17)15-7-6-9-2-4-10(13)5-3-9/h2-5,8H,6-7H2,1H3,(H,15,17)(H3,14,16,18)/t8-/m1/s1. The van der Waals surface area contributed by atoms with E-state index in [1.165, 1.54) is 19.1 Å². The number of hydrogen-bond donors (Lipinski definition) is 3. The first kappa shape index (κ1) is 14.0. The van der Waals surface area contributed by atoms with Crippen LogP contribution in [0.25, 0.3) is 0 Å². The minimum atomic E-state index is -0.740. The Morgan fingerprint density at radius 3 is 2.50 bits per heavy atom. The predicted molar refractivity (Wildman–Crippen MR) is 65.3 cm³/mol. The van der Waals surface area contributed by atoms with Crippen LogP contribution in [0.1, 0.15) is 12.5 Å². The molecule has 1 rings (SSSR count). The van der Waals surface area contributed by atoms with Crippen molar-refractivity contribution in [2.45, 2.75) is 19.4 Å². The lowest BCUT2D eigenvalue weighted by Gasteiger charge is -2.12. The topological polar surface area (TPSA) is 84.2 Å². The number of amides is 3. The van der Waals surface area contributed by atoms with Crippen molar-refractivity contribution in [2.75, 3.05) is 6.54 Å². The maximum Gasteiger partial charge on any atom is 0.312 e. The normalized spacial score (nSPS) is 11.7. The second-order valence-electron chi connectivity index (χ2n) is 3.90. The molecule has 0 radical (unpaired) electrons. The van der Waals surface area contributed by atoms with Gasteiger partial charge in [-0.2, -0.15) is 0 Å². The van der Waals surface area contributed by atoms with E-state index in [0.29, 0.717) is 13.0 Å². The summed E-state index contributed by atoms with van der Waals surface area (Å²) in [4.78, 5) is 22.0. The summed E-state index contributed by atoms with van der Waals surface area (Å²) in [6, 6.07) is 4.65. The molecule has 0 bridgehead atoms. The fourth-order valence-electron chi connectivity index (χ4n) is 1.41. The van der Waals surface area contributed by atoms with E-state index in [0.717, 1.165) is 5.56 Å². The third-order valence-electron chi connectivity index (χ3n) is 2.38. The van der Waals surface area contributed by atoms with Crippen molar-refractivity contribution in [3.05, 3.63) is 35.6 Å². The molecule has 0 aliphatic rings. The van der Waals surface area contributed by atoms with E-state index < -0.39 is 12.1 Å². The van der Waals surface area contributed by atoms with Crippen LogP contribution in [-0.4, -0.2) is 24.5 Å². The molecule has 0 aliphatic carbocycles. The number of rotatable bonds is 5. The molecule has 0 fully saturated rings. The molecule has 0 heterocycles. The highest BCUT2D eigenvalue weighted by Gasteiger charge is 2.12. The Hall–Kier alpha value is -2.11. The molecule has 0 unspecified atom stereocenters. The molecule has 0 saturated heterocycles. The van der Waals surface area contributed by atoms with Crippen molar-refractivity contribution in [1.29, 1.82) is 0 Å². The van der Waals surface area contributed by atoms with Gasteiger partial charge in [-0.25, -0.2) is 9.18 Å². The number of urea groups is 1. The van der Waals surface area contributed by atoms with Gasteiger partial charge in [0, 0.05) is 6.54 Å². The van der Waals surface area contributed by atoms with Gasteiger partial charge in [0.15, 0.2) is 0 Å². The number of hydrogen-bond acceptors (Lipinski definition) is 2. The fourth-order valence-corrected chi connectivity index (χ4v) is 1.41. The fraction of sp³-hybridized carbons (Fsp3) is 0.333. The van der Waals surface area contributed by atoms with Crippen LogP contribution in [0.2, 0.25) is 0 Å². The van der Waals surface area contributed by atoms with Crippen LogP contribution < -0.4 is 16.4 Å². The summed E-state index contributed by atoms with van der Waals surface area (Å²) >= 11 is 0. The maximum absolute atomic E-state index is 12.6. The lowest BCUT2D eigenvalue weighted by Crippen LogP contribution is -2.47. The van der Waals surface area contributed by atoms with Gasteiger partial charge in [-0.05, 0) is 31.0 Å². The van der Waals surface area contributed by atoms with Crippen LogP contribution in [0.5, 0.6) is 0 Å². The van der Waals surface area contributed by atoms with E-state index in [1.807, 2.05) is 0 Å². The molecular weight excluding hydrogens is 237 g/mol. The molecule has 1 aromatic rings. The first-order chi connectivity index (χ1) is 8.49. The Balaban J connectivity index is 2.31. The molecule has 0 aromatic heterocycles. The smallest absolute Gasteiger partial charge is 0.312 e. The summed E-state index contributed by atoms with van der Waals surface area (Å²) in [5.74, 6) is -0.599. The second kappa shape index (κ2) is 6.58. The van der Waals surface area contributed by atoms with Gasteiger partial charge >= 0.3 is 6.03 Å². The Labute approximate surface area is 105 Å². The van der Waals surface area contributed by atoms with Crippen molar-refractivity contribution < 1.29 is 14.0 Å². The van der Waals surface area contributed by atoms with Crippen molar-refractivity contribution in [2.24, 2.45) is 5.73 Å². The molecule has 1 aromatic carbocycles. The van der Waals surface area contributed by atoms with Crippen molar-refractivity contribution in [3.8, 4) is 0 Å². The van der Waals surface area contributed by atoms with Crippen molar-refractivity contribution in [3.63, 3.8) is 0 Å². The molecule has 98 valence electrons. The summed E-state index contributed by atoms with van der Waals surface area (Å²) < 4.78 is 12.6. The molecule has 0 spiro atoms. The van der Waals surface area contributed by atoms with Gasteiger partial charge in [-0.15, -0.1) is 0 Å². The highest BCUT2D eigenvalue weighted by molar-refractivity contribution is 5.86. The summed E-state index contributed by atoms with van der Waals surface area (Å²) in [5, 5.41) is 4.92. The van der Waals surface area contributed by atoms with Gasteiger partial charge in [0.25, 0.3) is 0 Å². The third kappa shape index (κ3) is 4.82. The second-order valence-corrected chi connectivity index (χ2v) is 3.90. The van der Waals surface area contributed by atoms with Gasteiger partial charge in [0.2, 0.25) is 5.91 Å². The first-order valence-electron chi connectivity index (χ1n) is 5.57. The molecule has 5 nitrogen and oxygen atoms in total. The highest BCUT2D eigenvalue weighted by Crippen LogP contribution is 2.02. The number of nitrogens with one attached hydrogen (secondary N) is 2. The quantitative estimate of drug-likeness (QED) is 0.715. The molecule has 18 heavy (non-hydrogen) atoms. The Morgan fingerprint density at radius 2 is 1.94 bits per heavy atom. The number of halogens is 1. The number of primary amides is 1. The average molecular weight is 253 g/mol. The van der Waals surface area contributed by atoms with Crippen LogP contribution in [0.4, 0.5) is 9.18 Å². The lowest BCUT2D eigenvalue weighted by molar-refractivity contribution is -0.122. The van der Waals surface area contributed by atoms with Gasteiger partial charge in [0.1, 0.15) is 11.9 Å². The number of benzene rings is 1. The largest absolute Gasteiger partial charge is 0.354 e. The molecule has 1 atom stereocenters. The van der Waals surface area contributed by atoms with Crippen LogP contribution in [0.15, 0.2) is 24.3 Å². The minimum absolute atomic E-state index is 0.290. The number of carbonyl (C=O) groups excluding carboxylic acids is 2. The third-order valence-corrected chi connectivity index (χ3v) is 2.38. The van der Waals surface area contributed by atoms with Gasteiger partial charge in [0.05, 0.1) is 0 Å². The van der Waals surface area contributed by atoms with Gasteiger partial charge < -0.3 is 16.4 Å². The summed E-state index contributed by atoms with van der Waals surface area (Å²) in [7, 11) is 0. The van der Waals surface area contributed by atoms with E-state index in [-0.39, 0.29) is 11.7 Å². The zero-order valence-electron chi connectivity index (χ0n) is 10.1. The van der Waals surface area contributed by atoms with E-state index >= 15 is 0 Å². The Bertz CT molecular complexity index is 420. The molecular formula is C12H16FN3O2. The van der Waals surface area contributed by atoms with E-state index in [4.69, 9.17) is 5.73 Å². The summed E-state index contributed by atoms with van der Waals surface area (Å²) in [5.41, 5.74) is 5.82. The van der Waals surface area contributed by atoms with E-state index in [2.05, 4.69) is 10.6 Å². The zero-order chi connectivity index (χ0) is 13.5. The average Bonchev–Trinajstić information content (AvgIpc) is 2.30. The lowest BCUT2D eigenvalue weighted by atomic mass is 10.1. The van der Waals surface area contributed by atoms with Crippen LogP contribution in [0.3, 0.4) is 0 Å². The van der Waals surface area contributed by atoms with Gasteiger partial charge in [-0.1, -0.05) is 12.1 Å². The van der Waals surface area contributed by atoms with Crippen LogP contribution in [0, 0.1) is 5.82 Å². The van der Waals surface area contributed by atoms with E-state index in [9.17, 15) is 14.0 Å². The van der Waals surface area contributed by atoms with Crippen molar-refractivity contribution >= 4 is 11.9 Å². The SMILES string of the molecule is C[C@@H](NC(N)=O)C(=O)NCCc1ccc(F)cc1. The van der Waals surface area contributed by atoms with E-state index in [1.54, 1.807) is 12.1 Å².